The SMILES string of the molecule is O=C(Nc1ccc2c(c1)CCO2)N1CCC(c2ccccc2)C1. The fourth-order valence-corrected chi connectivity index (χ4v) is 3.41. The summed E-state index contributed by atoms with van der Waals surface area (Å²) in [5.41, 5.74) is 3.34. The second-order valence-electron chi connectivity index (χ2n) is 6.19. The normalized spacial score (nSPS) is 19.3. The number of hydrogen-bond acceptors (Lipinski definition) is 2. The molecular weight excluding hydrogens is 288 g/mol. The lowest BCUT2D eigenvalue weighted by molar-refractivity contribution is 0.222. The summed E-state index contributed by atoms with van der Waals surface area (Å²) in [6.45, 7) is 2.32. The molecule has 0 aromatic heterocycles. The van der Waals surface area contributed by atoms with E-state index < -0.39 is 0 Å². The highest BCUT2D eigenvalue weighted by atomic mass is 16.5. The molecule has 118 valence electrons. The molecule has 4 rings (SSSR count). The molecule has 2 amide bonds. The van der Waals surface area contributed by atoms with Gasteiger partial charge in [0.1, 0.15) is 5.75 Å². The van der Waals surface area contributed by atoms with Gasteiger partial charge >= 0.3 is 6.03 Å². The minimum Gasteiger partial charge on any atom is -0.493 e. The Morgan fingerprint density at radius 1 is 1.17 bits per heavy atom. The molecule has 1 unspecified atom stereocenters. The van der Waals surface area contributed by atoms with Crippen molar-refractivity contribution >= 4 is 11.7 Å². The molecule has 2 aliphatic heterocycles. The van der Waals surface area contributed by atoms with Crippen LogP contribution in [0.5, 0.6) is 5.75 Å². The van der Waals surface area contributed by atoms with E-state index in [1.165, 1.54) is 11.1 Å². The number of nitrogens with one attached hydrogen (secondary N) is 1. The largest absolute Gasteiger partial charge is 0.493 e. The second-order valence-corrected chi connectivity index (χ2v) is 6.19. The third-order valence-electron chi connectivity index (χ3n) is 4.69. The lowest BCUT2D eigenvalue weighted by atomic mass is 9.99. The first-order chi connectivity index (χ1) is 11.3. The van der Waals surface area contributed by atoms with Crippen LogP contribution in [-0.4, -0.2) is 30.6 Å². The molecule has 2 aromatic rings. The van der Waals surface area contributed by atoms with Gasteiger partial charge in [0.2, 0.25) is 0 Å². The third kappa shape index (κ3) is 2.89. The molecule has 0 bridgehead atoms. The zero-order valence-corrected chi connectivity index (χ0v) is 13.0. The summed E-state index contributed by atoms with van der Waals surface area (Å²) in [7, 11) is 0. The van der Waals surface area contributed by atoms with Crippen LogP contribution in [-0.2, 0) is 6.42 Å². The first-order valence-electron chi connectivity index (χ1n) is 8.16. The number of nitrogens with zero attached hydrogens (tertiary/aromatic N) is 1. The fourth-order valence-electron chi connectivity index (χ4n) is 3.41. The molecule has 1 atom stereocenters. The van der Waals surface area contributed by atoms with Gasteiger partial charge in [0.15, 0.2) is 0 Å². The van der Waals surface area contributed by atoms with Crippen LogP contribution in [0.4, 0.5) is 10.5 Å². The van der Waals surface area contributed by atoms with Gasteiger partial charge in [-0.15, -0.1) is 0 Å². The minimum absolute atomic E-state index is 0.0118. The second kappa shape index (κ2) is 5.95. The average Bonchev–Trinajstić information content (AvgIpc) is 3.24. The van der Waals surface area contributed by atoms with E-state index in [1.54, 1.807) is 0 Å². The molecule has 1 saturated heterocycles. The van der Waals surface area contributed by atoms with Gasteiger partial charge in [-0.1, -0.05) is 30.3 Å². The molecular formula is C19H20N2O2. The lowest BCUT2D eigenvalue weighted by Gasteiger charge is -2.18. The van der Waals surface area contributed by atoms with Crippen molar-refractivity contribution in [1.82, 2.24) is 4.90 Å². The number of carbonyl (C=O) groups excluding carboxylic acids is 1. The summed E-state index contributed by atoms with van der Waals surface area (Å²) < 4.78 is 5.50. The summed E-state index contributed by atoms with van der Waals surface area (Å²) in [5, 5.41) is 3.02. The average molecular weight is 308 g/mol. The highest BCUT2D eigenvalue weighted by molar-refractivity contribution is 5.89. The number of urea groups is 1. The molecule has 23 heavy (non-hydrogen) atoms. The Labute approximate surface area is 136 Å². The van der Waals surface area contributed by atoms with Crippen LogP contribution in [0.15, 0.2) is 48.5 Å². The maximum absolute atomic E-state index is 12.5. The van der Waals surface area contributed by atoms with Crippen LogP contribution in [0.25, 0.3) is 0 Å². The molecule has 0 aliphatic carbocycles. The fraction of sp³-hybridized carbons (Fsp3) is 0.316. The van der Waals surface area contributed by atoms with Crippen LogP contribution >= 0.6 is 0 Å². The van der Waals surface area contributed by atoms with Gasteiger partial charge in [0.05, 0.1) is 6.61 Å². The Morgan fingerprint density at radius 3 is 2.91 bits per heavy atom. The molecule has 0 saturated carbocycles. The minimum atomic E-state index is -0.0118. The Morgan fingerprint density at radius 2 is 2.04 bits per heavy atom. The number of amides is 2. The van der Waals surface area contributed by atoms with Gasteiger partial charge in [0, 0.05) is 31.1 Å². The van der Waals surface area contributed by atoms with E-state index in [1.807, 2.05) is 29.2 Å². The van der Waals surface area contributed by atoms with Gasteiger partial charge in [0.25, 0.3) is 0 Å². The summed E-state index contributed by atoms with van der Waals surface area (Å²) in [4.78, 5) is 14.4. The number of ether oxygens (including phenoxy) is 1. The van der Waals surface area contributed by atoms with E-state index in [4.69, 9.17) is 4.74 Å². The van der Waals surface area contributed by atoms with E-state index in [0.717, 1.165) is 44.0 Å². The molecule has 4 nitrogen and oxygen atoms in total. The summed E-state index contributed by atoms with van der Waals surface area (Å²) in [5.74, 6) is 1.38. The van der Waals surface area contributed by atoms with Gasteiger partial charge in [-0.2, -0.15) is 0 Å². The lowest BCUT2D eigenvalue weighted by Crippen LogP contribution is -2.32. The van der Waals surface area contributed by atoms with Gasteiger partial charge in [-0.05, 0) is 35.7 Å². The standard InChI is InChI=1S/C19H20N2O2/c22-19(20-17-6-7-18-15(12-17)9-11-23-18)21-10-8-16(13-21)14-4-2-1-3-5-14/h1-7,12,16H,8-11,13H2,(H,20,22). The van der Waals surface area contributed by atoms with Crippen LogP contribution < -0.4 is 10.1 Å². The van der Waals surface area contributed by atoms with E-state index in [9.17, 15) is 4.79 Å². The molecule has 1 N–H and O–H groups in total. The van der Waals surface area contributed by atoms with E-state index >= 15 is 0 Å². The predicted octanol–water partition coefficient (Wildman–Crippen LogP) is 3.64. The van der Waals surface area contributed by atoms with Crippen molar-refractivity contribution in [1.29, 1.82) is 0 Å². The summed E-state index contributed by atoms with van der Waals surface area (Å²) >= 11 is 0. The number of likely N-dealkylation sites (tertiary alicyclic amines) is 1. The molecule has 1 fully saturated rings. The molecule has 2 aromatic carbocycles. The van der Waals surface area contributed by atoms with Crippen molar-refractivity contribution in [2.45, 2.75) is 18.8 Å². The molecule has 2 aliphatic rings. The maximum atomic E-state index is 12.5. The molecule has 4 heteroatoms. The van der Waals surface area contributed by atoms with Crippen LogP contribution in [0.2, 0.25) is 0 Å². The van der Waals surface area contributed by atoms with Crippen LogP contribution in [0, 0.1) is 0 Å². The van der Waals surface area contributed by atoms with Crippen molar-refractivity contribution in [3.05, 3.63) is 59.7 Å². The Hall–Kier alpha value is -2.49. The third-order valence-corrected chi connectivity index (χ3v) is 4.69. The number of carbonyl (C=O) groups is 1. The highest BCUT2D eigenvalue weighted by Crippen LogP contribution is 2.29. The van der Waals surface area contributed by atoms with Crippen LogP contribution in [0.3, 0.4) is 0 Å². The Bertz CT molecular complexity index is 715. The van der Waals surface area contributed by atoms with Crippen LogP contribution in [0.1, 0.15) is 23.5 Å². The van der Waals surface area contributed by atoms with Gasteiger partial charge in [-0.3, -0.25) is 0 Å². The predicted molar refractivity (Wildman–Crippen MR) is 90.0 cm³/mol. The van der Waals surface area contributed by atoms with Crippen molar-refractivity contribution in [3.63, 3.8) is 0 Å². The molecule has 2 heterocycles. The van der Waals surface area contributed by atoms with Crippen molar-refractivity contribution < 1.29 is 9.53 Å². The number of hydrogen-bond donors (Lipinski definition) is 1. The van der Waals surface area contributed by atoms with Gasteiger partial charge in [-0.25, -0.2) is 4.79 Å². The first-order valence-corrected chi connectivity index (χ1v) is 8.16. The number of anilines is 1. The summed E-state index contributed by atoms with van der Waals surface area (Å²) in [6, 6.07) is 16.3. The number of benzene rings is 2. The molecule has 0 radical (unpaired) electrons. The molecule has 0 spiro atoms. The van der Waals surface area contributed by atoms with Gasteiger partial charge < -0.3 is 15.0 Å². The monoisotopic (exact) mass is 308 g/mol. The summed E-state index contributed by atoms with van der Waals surface area (Å²) in [6.07, 6.45) is 1.94. The zero-order valence-electron chi connectivity index (χ0n) is 13.0. The van der Waals surface area contributed by atoms with E-state index in [0.29, 0.717) is 5.92 Å². The highest BCUT2D eigenvalue weighted by Gasteiger charge is 2.27. The number of fused-ring (bicyclic) bond motifs is 1. The maximum Gasteiger partial charge on any atom is 0.321 e. The quantitative estimate of drug-likeness (QED) is 0.920. The zero-order chi connectivity index (χ0) is 15.6. The van der Waals surface area contributed by atoms with Crippen molar-refractivity contribution in [2.24, 2.45) is 0 Å². The number of rotatable bonds is 2. The van der Waals surface area contributed by atoms with Crippen molar-refractivity contribution in [2.75, 3.05) is 25.0 Å². The van der Waals surface area contributed by atoms with Crippen molar-refractivity contribution in [3.8, 4) is 5.75 Å². The Kier molecular flexibility index (Phi) is 3.66. The topological polar surface area (TPSA) is 41.6 Å². The van der Waals surface area contributed by atoms with E-state index in [-0.39, 0.29) is 6.03 Å². The first kappa shape index (κ1) is 14.1. The smallest absolute Gasteiger partial charge is 0.321 e. The Balaban J connectivity index is 1.40. The van der Waals surface area contributed by atoms with E-state index in [2.05, 4.69) is 29.6 Å².